The molecular weight excluding hydrogens is 301 g/mol. The molecule has 0 saturated heterocycles. The van der Waals surface area contributed by atoms with Gasteiger partial charge in [0.1, 0.15) is 5.75 Å². The Morgan fingerprint density at radius 3 is 2.86 bits per heavy atom. The molecule has 0 spiro atoms. The van der Waals surface area contributed by atoms with Crippen molar-refractivity contribution >= 4 is 22.6 Å². The molecule has 0 aromatic heterocycles. The minimum absolute atomic E-state index is 0.241. The lowest BCUT2D eigenvalue weighted by Crippen LogP contribution is -2.17. The second-order valence-electron chi connectivity index (χ2n) is 5.22. The number of amidine groups is 1. The highest BCUT2D eigenvalue weighted by Crippen LogP contribution is 2.29. The normalized spacial score (nSPS) is 18.8. The van der Waals surface area contributed by atoms with E-state index in [9.17, 15) is 13.2 Å². The Morgan fingerprint density at radius 2 is 2.19 bits per heavy atom. The Hall–Kier alpha value is -1.37. The van der Waals surface area contributed by atoms with Crippen molar-refractivity contribution in [1.29, 1.82) is 0 Å². The molecule has 2 rings (SSSR count). The van der Waals surface area contributed by atoms with Crippen LogP contribution in [0.2, 0.25) is 0 Å². The summed E-state index contributed by atoms with van der Waals surface area (Å²) in [4.78, 5) is 4.38. The third-order valence-electron chi connectivity index (χ3n) is 2.77. The molecule has 1 N–H and O–H groups in total. The van der Waals surface area contributed by atoms with Crippen LogP contribution in [0.4, 0.5) is 18.9 Å². The van der Waals surface area contributed by atoms with E-state index in [2.05, 4.69) is 28.9 Å². The van der Waals surface area contributed by atoms with Gasteiger partial charge in [-0.1, -0.05) is 31.7 Å². The molecule has 0 aliphatic carbocycles. The molecule has 1 atom stereocenters. The minimum atomic E-state index is -4.68. The smallest absolute Gasteiger partial charge is 0.406 e. The Bertz CT molecular complexity index is 517. The lowest BCUT2D eigenvalue weighted by Gasteiger charge is -2.12. The van der Waals surface area contributed by atoms with Crippen LogP contribution in [-0.2, 0) is 0 Å². The van der Waals surface area contributed by atoms with Crippen LogP contribution >= 0.6 is 11.8 Å². The molecule has 7 heteroatoms. The Kier molecular flexibility index (Phi) is 5.03. The Balaban J connectivity index is 1.93. The standard InChI is InChI=1S/C14H17F3N2OS/c1-9(2)6-12-8-18-13(21-12)19-10-4-3-5-11(7-10)20-14(15,16)17/h3-5,7,9,12H,6,8H2,1-2H3,(H,18,19). The molecule has 3 nitrogen and oxygen atoms in total. The molecule has 0 fully saturated rings. The maximum absolute atomic E-state index is 12.2. The van der Waals surface area contributed by atoms with Gasteiger partial charge in [-0.05, 0) is 24.5 Å². The van der Waals surface area contributed by atoms with Crippen LogP contribution in [0, 0.1) is 5.92 Å². The lowest BCUT2D eigenvalue weighted by atomic mass is 10.1. The summed E-state index contributed by atoms with van der Waals surface area (Å²) in [5.41, 5.74) is 0.535. The topological polar surface area (TPSA) is 33.6 Å². The Morgan fingerprint density at radius 1 is 1.43 bits per heavy atom. The number of halogens is 3. The number of hydrogen-bond donors (Lipinski definition) is 1. The number of hydrogen-bond acceptors (Lipinski definition) is 4. The summed E-state index contributed by atoms with van der Waals surface area (Å²) < 4.78 is 40.4. The zero-order chi connectivity index (χ0) is 15.5. The van der Waals surface area contributed by atoms with E-state index < -0.39 is 6.36 Å². The number of nitrogens with one attached hydrogen (secondary N) is 1. The van der Waals surface area contributed by atoms with E-state index >= 15 is 0 Å². The van der Waals surface area contributed by atoms with Gasteiger partial charge < -0.3 is 10.1 Å². The van der Waals surface area contributed by atoms with Gasteiger partial charge >= 0.3 is 6.36 Å². The van der Waals surface area contributed by atoms with Crippen molar-refractivity contribution in [3.8, 4) is 5.75 Å². The molecule has 1 aliphatic rings. The second kappa shape index (κ2) is 6.60. The number of rotatable bonds is 4. The van der Waals surface area contributed by atoms with Gasteiger partial charge in [0.2, 0.25) is 0 Å². The Labute approximate surface area is 126 Å². The number of alkyl halides is 3. The fourth-order valence-corrected chi connectivity index (χ4v) is 3.30. The van der Waals surface area contributed by atoms with Gasteiger partial charge in [0.05, 0.1) is 6.54 Å². The summed E-state index contributed by atoms with van der Waals surface area (Å²) in [5, 5.41) is 4.21. The van der Waals surface area contributed by atoms with Crippen LogP contribution in [0.3, 0.4) is 0 Å². The van der Waals surface area contributed by atoms with Crippen LogP contribution in [0.15, 0.2) is 29.3 Å². The quantitative estimate of drug-likeness (QED) is 0.886. The summed E-state index contributed by atoms with van der Waals surface area (Å²) in [5.74, 6) is 0.357. The first-order valence-electron chi connectivity index (χ1n) is 6.66. The first-order valence-corrected chi connectivity index (χ1v) is 7.54. The van der Waals surface area contributed by atoms with E-state index in [1.54, 1.807) is 17.8 Å². The lowest BCUT2D eigenvalue weighted by molar-refractivity contribution is -0.274. The summed E-state index contributed by atoms with van der Waals surface area (Å²) in [6.07, 6.45) is -3.61. The van der Waals surface area contributed by atoms with Gasteiger partial charge in [-0.3, -0.25) is 4.99 Å². The monoisotopic (exact) mass is 318 g/mol. The van der Waals surface area contributed by atoms with Crippen LogP contribution in [0.5, 0.6) is 5.75 Å². The van der Waals surface area contributed by atoms with Crippen molar-refractivity contribution in [2.45, 2.75) is 31.9 Å². The molecule has 1 heterocycles. The summed E-state index contributed by atoms with van der Waals surface area (Å²) in [6, 6.07) is 5.77. The zero-order valence-corrected chi connectivity index (χ0v) is 12.6. The van der Waals surface area contributed by atoms with Crippen molar-refractivity contribution in [1.82, 2.24) is 0 Å². The van der Waals surface area contributed by atoms with Gasteiger partial charge in [0.15, 0.2) is 5.17 Å². The average Bonchev–Trinajstić information content (AvgIpc) is 2.73. The molecule has 0 bridgehead atoms. The van der Waals surface area contributed by atoms with E-state index in [1.165, 1.54) is 18.2 Å². The van der Waals surface area contributed by atoms with E-state index in [0.717, 1.165) is 18.1 Å². The molecule has 0 amide bonds. The molecule has 116 valence electrons. The molecule has 0 radical (unpaired) electrons. The maximum Gasteiger partial charge on any atom is 0.573 e. The van der Waals surface area contributed by atoms with E-state index in [0.29, 0.717) is 16.9 Å². The maximum atomic E-state index is 12.2. The number of nitrogens with zero attached hydrogens (tertiary/aromatic N) is 1. The van der Waals surface area contributed by atoms with Gasteiger partial charge in [0.25, 0.3) is 0 Å². The highest BCUT2D eigenvalue weighted by Gasteiger charge is 2.31. The van der Waals surface area contributed by atoms with E-state index in [-0.39, 0.29) is 5.75 Å². The largest absolute Gasteiger partial charge is 0.573 e. The number of ether oxygens (including phenoxy) is 1. The van der Waals surface area contributed by atoms with Crippen molar-refractivity contribution in [3.63, 3.8) is 0 Å². The number of benzene rings is 1. The van der Waals surface area contributed by atoms with Crippen LogP contribution in [-0.4, -0.2) is 23.3 Å². The first-order chi connectivity index (χ1) is 9.82. The average molecular weight is 318 g/mol. The molecule has 1 aromatic carbocycles. The second-order valence-corrected chi connectivity index (χ2v) is 6.50. The molecular formula is C14H17F3N2OS. The van der Waals surface area contributed by atoms with Gasteiger partial charge in [-0.15, -0.1) is 13.2 Å². The number of anilines is 1. The van der Waals surface area contributed by atoms with Gasteiger partial charge in [-0.25, -0.2) is 0 Å². The third-order valence-corrected chi connectivity index (χ3v) is 3.90. The molecule has 1 aliphatic heterocycles. The third kappa shape index (κ3) is 5.49. The van der Waals surface area contributed by atoms with Crippen molar-refractivity contribution in [2.24, 2.45) is 10.9 Å². The summed E-state index contributed by atoms with van der Waals surface area (Å²) in [7, 11) is 0. The van der Waals surface area contributed by atoms with Crippen molar-refractivity contribution in [3.05, 3.63) is 24.3 Å². The number of aliphatic imine (C=N–C) groups is 1. The zero-order valence-electron chi connectivity index (χ0n) is 11.8. The summed E-state index contributed by atoms with van der Waals surface area (Å²) >= 11 is 1.63. The highest BCUT2D eigenvalue weighted by atomic mass is 32.2. The predicted octanol–water partition coefficient (Wildman–Crippen LogP) is 4.51. The highest BCUT2D eigenvalue weighted by molar-refractivity contribution is 8.15. The van der Waals surface area contributed by atoms with Gasteiger partial charge in [-0.2, -0.15) is 0 Å². The van der Waals surface area contributed by atoms with Crippen LogP contribution in [0.25, 0.3) is 0 Å². The minimum Gasteiger partial charge on any atom is -0.406 e. The number of thioether (sulfide) groups is 1. The van der Waals surface area contributed by atoms with E-state index in [4.69, 9.17) is 0 Å². The fourth-order valence-electron chi connectivity index (χ4n) is 2.03. The summed E-state index contributed by atoms with van der Waals surface area (Å²) in [6.45, 7) is 5.05. The molecule has 0 saturated carbocycles. The van der Waals surface area contributed by atoms with Gasteiger partial charge in [0, 0.05) is 17.0 Å². The van der Waals surface area contributed by atoms with Crippen molar-refractivity contribution in [2.75, 3.05) is 11.9 Å². The van der Waals surface area contributed by atoms with Crippen LogP contribution < -0.4 is 10.1 Å². The molecule has 21 heavy (non-hydrogen) atoms. The first kappa shape index (κ1) is 16.0. The van der Waals surface area contributed by atoms with Crippen molar-refractivity contribution < 1.29 is 17.9 Å². The SMILES string of the molecule is CC(C)CC1CN=C(Nc2cccc(OC(F)(F)F)c2)S1. The molecule has 1 unspecified atom stereocenters. The van der Waals surface area contributed by atoms with Crippen LogP contribution in [0.1, 0.15) is 20.3 Å². The van der Waals surface area contributed by atoms with E-state index in [1.807, 2.05) is 0 Å². The predicted molar refractivity (Wildman–Crippen MR) is 79.9 cm³/mol. The fraction of sp³-hybridized carbons (Fsp3) is 0.500. The molecule has 1 aromatic rings.